The van der Waals surface area contributed by atoms with Gasteiger partial charge in [-0.05, 0) is 65.1 Å². The fraction of sp³-hybridized carbons (Fsp3) is 0.133. The Morgan fingerprint density at radius 2 is 1.80 bits per heavy atom. The molecule has 0 fully saturated rings. The van der Waals surface area contributed by atoms with E-state index in [0.717, 1.165) is 9.26 Å². The number of nitrogens with one attached hydrogen (secondary N) is 1. The molecule has 104 valence electrons. The average Bonchev–Trinajstić information content (AvgIpc) is 2.41. The summed E-state index contributed by atoms with van der Waals surface area (Å²) in [7, 11) is 3.46. The van der Waals surface area contributed by atoms with E-state index in [2.05, 4.69) is 27.9 Å². The number of benzene rings is 2. The highest BCUT2D eigenvalue weighted by molar-refractivity contribution is 14.1. The van der Waals surface area contributed by atoms with E-state index < -0.39 is 0 Å². The number of halogens is 1. The Balaban J connectivity index is 2.37. The Hall–Kier alpha value is -1.76. The van der Waals surface area contributed by atoms with Crippen molar-refractivity contribution < 1.29 is 4.79 Å². The molecule has 0 unspecified atom stereocenters. The van der Waals surface area contributed by atoms with Crippen LogP contribution >= 0.6 is 22.6 Å². The van der Waals surface area contributed by atoms with Crippen LogP contribution in [0.15, 0.2) is 42.5 Å². The van der Waals surface area contributed by atoms with E-state index in [1.54, 1.807) is 37.2 Å². The number of hydrogen-bond acceptors (Lipinski definition) is 3. The lowest BCUT2D eigenvalue weighted by atomic mass is 10.1. The summed E-state index contributed by atoms with van der Waals surface area (Å²) < 4.78 is 1.16. The summed E-state index contributed by atoms with van der Waals surface area (Å²) in [6.07, 6.45) is 0. The van der Waals surface area contributed by atoms with E-state index in [1.165, 1.54) is 0 Å². The highest BCUT2D eigenvalue weighted by Crippen LogP contribution is 2.25. The molecule has 20 heavy (non-hydrogen) atoms. The van der Waals surface area contributed by atoms with Gasteiger partial charge in [-0.3, -0.25) is 4.79 Å². The molecule has 0 aliphatic rings. The summed E-state index contributed by atoms with van der Waals surface area (Å²) in [5.41, 5.74) is 8.67. The van der Waals surface area contributed by atoms with E-state index >= 15 is 0 Å². The van der Waals surface area contributed by atoms with Gasteiger partial charge in [0.25, 0.3) is 5.91 Å². The van der Waals surface area contributed by atoms with Crippen molar-refractivity contribution in [3.63, 3.8) is 0 Å². The maximum atomic E-state index is 12.2. The van der Waals surface area contributed by atoms with Crippen molar-refractivity contribution in [2.75, 3.05) is 25.1 Å². The summed E-state index contributed by atoms with van der Waals surface area (Å²) in [4.78, 5) is 13.7. The molecule has 4 nitrogen and oxygen atoms in total. The van der Waals surface area contributed by atoms with Gasteiger partial charge >= 0.3 is 0 Å². The van der Waals surface area contributed by atoms with Gasteiger partial charge in [0.2, 0.25) is 0 Å². The molecule has 0 heterocycles. The highest BCUT2D eigenvalue weighted by Gasteiger charge is 2.13. The molecule has 2 aromatic carbocycles. The molecular formula is C15H16IN3O. The molecule has 0 radical (unpaired) electrons. The SMILES string of the molecule is CN(C)C(=O)c1ccc(N)cc1Nc1ccc(I)cc1. The van der Waals surface area contributed by atoms with Crippen molar-refractivity contribution in [1.29, 1.82) is 0 Å². The standard InChI is InChI=1S/C15H16IN3O/c1-19(2)15(20)13-8-5-11(17)9-14(13)18-12-6-3-10(16)4-7-12/h3-9,18H,17H2,1-2H3. The molecule has 0 saturated carbocycles. The maximum absolute atomic E-state index is 12.2. The van der Waals surface area contributed by atoms with E-state index in [0.29, 0.717) is 16.9 Å². The van der Waals surface area contributed by atoms with Gasteiger partial charge in [-0.15, -0.1) is 0 Å². The molecule has 5 heteroatoms. The van der Waals surface area contributed by atoms with Crippen LogP contribution in [0.3, 0.4) is 0 Å². The molecule has 0 aliphatic heterocycles. The number of nitrogens with two attached hydrogens (primary N) is 1. The number of nitrogens with zero attached hydrogens (tertiary/aromatic N) is 1. The Morgan fingerprint density at radius 1 is 1.15 bits per heavy atom. The topological polar surface area (TPSA) is 58.4 Å². The first kappa shape index (κ1) is 14.6. The van der Waals surface area contributed by atoms with Crippen LogP contribution in [-0.2, 0) is 0 Å². The van der Waals surface area contributed by atoms with Gasteiger partial charge in [-0.2, -0.15) is 0 Å². The van der Waals surface area contributed by atoms with Crippen LogP contribution in [0.2, 0.25) is 0 Å². The third-order valence-electron chi connectivity index (χ3n) is 2.80. The molecule has 0 bridgehead atoms. The highest BCUT2D eigenvalue weighted by atomic mass is 127. The fourth-order valence-electron chi connectivity index (χ4n) is 1.78. The van der Waals surface area contributed by atoms with Crippen molar-refractivity contribution in [3.8, 4) is 0 Å². The molecule has 3 N–H and O–H groups in total. The number of nitrogen functional groups attached to an aromatic ring is 1. The van der Waals surface area contributed by atoms with Gasteiger partial charge in [-0.25, -0.2) is 0 Å². The van der Waals surface area contributed by atoms with Crippen LogP contribution in [0.25, 0.3) is 0 Å². The zero-order valence-electron chi connectivity index (χ0n) is 11.4. The second-order valence-corrected chi connectivity index (χ2v) is 5.88. The minimum atomic E-state index is -0.0574. The lowest BCUT2D eigenvalue weighted by Gasteiger charge is -2.16. The van der Waals surface area contributed by atoms with Crippen molar-refractivity contribution in [2.45, 2.75) is 0 Å². The first-order valence-electron chi connectivity index (χ1n) is 6.11. The monoisotopic (exact) mass is 381 g/mol. The first-order chi connectivity index (χ1) is 9.47. The summed E-state index contributed by atoms with van der Waals surface area (Å²) in [5.74, 6) is -0.0574. The molecule has 2 aromatic rings. The molecule has 0 spiro atoms. The molecular weight excluding hydrogens is 365 g/mol. The number of hydrogen-bond donors (Lipinski definition) is 2. The third kappa shape index (κ3) is 3.41. The van der Waals surface area contributed by atoms with Gasteiger partial charge in [0.15, 0.2) is 0 Å². The number of carbonyl (C=O) groups excluding carboxylic acids is 1. The smallest absolute Gasteiger partial charge is 0.255 e. The predicted molar refractivity (Wildman–Crippen MR) is 91.3 cm³/mol. The summed E-state index contributed by atoms with van der Waals surface area (Å²) in [6, 6.07) is 13.2. The van der Waals surface area contributed by atoms with Crippen molar-refractivity contribution in [2.24, 2.45) is 0 Å². The van der Waals surface area contributed by atoms with E-state index in [9.17, 15) is 4.79 Å². The normalized spacial score (nSPS) is 10.2. The van der Waals surface area contributed by atoms with Crippen LogP contribution in [0.1, 0.15) is 10.4 Å². The Kier molecular flexibility index (Phi) is 4.49. The lowest BCUT2D eigenvalue weighted by molar-refractivity contribution is 0.0828. The first-order valence-corrected chi connectivity index (χ1v) is 7.19. The third-order valence-corrected chi connectivity index (χ3v) is 3.52. The quantitative estimate of drug-likeness (QED) is 0.634. The molecule has 0 aromatic heterocycles. The van der Waals surface area contributed by atoms with E-state index in [-0.39, 0.29) is 5.91 Å². The van der Waals surface area contributed by atoms with Gasteiger partial charge in [-0.1, -0.05) is 0 Å². The Labute approximate surface area is 132 Å². The second-order valence-electron chi connectivity index (χ2n) is 4.64. The largest absolute Gasteiger partial charge is 0.399 e. The minimum Gasteiger partial charge on any atom is -0.399 e. The predicted octanol–water partition coefficient (Wildman–Crippen LogP) is 3.32. The van der Waals surface area contributed by atoms with E-state index in [1.807, 2.05) is 24.3 Å². The van der Waals surface area contributed by atoms with Gasteiger partial charge < -0.3 is 16.0 Å². The summed E-state index contributed by atoms with van der Waals surface area (Å²) >= 11 is 2.25. The lowest BCUT2D eigenvalue weighted by Crippen LogP contribution is -2.22. The van der Waals surface area contributed by atoms with Crippen LogP contribution in [0.4, 0.5) is 17.1 Å². The summed E-state index contributed by atoms with van der Waals surface area (Å²) in [5, 5.41) is 3.25. The van der Waals surface area contributed by atoms with Crippen molar-refractivity contribution in [1.82, 2.24) is 4.90 Å². The van der Waals surface area contributed by atoms with Gasteiger partial charge in [0.05, 0.1) is 11.3 Å². The zero-order valence-corrected chi connectivity index (χ0v) is 13.5. The average molecular weight is 381 g/mol. The zero-order chi connectivity index (χ0) is 14.7. The maximum Gasteiger partial charge on any atom is 0.255 e. The minimum absolute atomic E-state index is 0.0574. The van der Waals surface area contributed by atoms with Crippen LogP contribution < -0.4 is 11.1 Å². The van der Waals surface area contributed by atoms with Crippen LogP contribution in [-0.4, -0.2) is 24.9 Å². The molecule has 0 aliphatic carbocycles. The Bertz CT molecular complexity index is 624. The summed E-state index contributed by atoms with van der Waals surface area (Å²) in [6.45, 7) is 0. The molecule has 0 atom stereocenters. The fourth-order valence-corrected chi connectivity index (χ4v) is 2.14. The van der Waals surface area contributed by atoms with Crippen LogP contribution in [0, 0.1) is 3.57 Å². The number of rotatable bonds is 3. The van der Waals surface area contributed by atoms with Gasteiger partial charge in [0, 0.05) is 29.0 Å². The molecule has 0 saturated heterocycles. The van der Waals surface area contributed by atoms with Crippen LogP contribution in [0.5, 0.6) is 0 Å². The number of anilines is 3. The number of carbonyl (C=O) groups is 1. The second kappa shape index (κ2) is 6.13. The van der Waals surface area contributed by atoms with Crippen molar-refractivity contribution >= 4 is 45.6 Å². The number of amides is 1. The van der Waals surface area contributed by atoms with Gasteiger partial charge in [0.1, 0.15) is 0 Å². The molecule has 1 amide bonds. The van der Waals surface area contributed by atoms with Crippen molar-refractivity contribution in [3.05, 3.63) is 51.6 Å². The molecule has 2 rings (SSSR count). The van der Waals surface area contributed by atoms with E-state index in [4.69, 9.17) is 5.73 Å². The Morgan fingerprint density at radius 3 is 2.40 bits per heavy atom.